The summed E-state index contributed by atoms with van der Waals surface area (Å²) in [7, 11) is 0. The molecule has 1 aromatic carbocycles. The number of rotatable bonds is 9. The number of benzene rings is 1. The summed E-state index contributed by atoms with van der Waals surface area (Å²) in [4.78, 5) is 34.0. The van der Waals surface area contributed by atoms with Gasteiger partial charge in [0.25, 0.3) is 11.8 Å². The fourth-order valence-electron chi connectivity index (χ4n) is 3.55. The monoisotopic (exact) mass is 445 g/mol. The van der Waals surface area contributed by atoms with Crippen LogP contribution in [0.3, 0.4) is 0 Å². The smallest absolute Gasteiger partial charge is 0.277 e. The van der Waals surface area contributed by atoms with Crippen LogP contribution >= 0.6 is 23.2 Å². The van der Waals surface area contributed by atoms with E-state index in [1.165, 1.54) is 4.90 Å². The van der Waals surface area contributed by atoms with Gasteiger partial charge in [0.05, 0.1) is 10.6 Å². The molecule has 0 unspecified atom stereocenters. The van der Waals surface area contributed by atoms with E-state index in [0.29, 0.717) is 46.5 Å². The highest BCUT2D eigenvalue weighted by Gasteiger charge is 2.41. The Morgan fingerprint density at radius 3 is 2.40 bits per heavy atom. The number of pyridine rings is 1. The average Bonchev–Trinajstić information content (AvgIpc) is 2.98. The molecule has 2 amide bonds. The van der Waals surface area contributed by atoms with Crippen LogP contribution in [0.4, 0.5) is 0 Å². The summed E-state index contributed by atoms with van der Waals surface area (Å²) in [5.41, 5.74) is 2.43. The maximum absolute atomic E-state index is 13.3. The first-order valence-electron chi connectivity index (χ1n) is 10.2. The van der Waals surface area contributed by atoms with E-state index in [1.54, 1.807) is 30.6 Å². The van der Waals surface area contributed by atoms with Crippen molar-refractivity contribution in [1.29, 1.82) is 0 Å². The fraction of sp³-hybridized carbons (Fsp3) is 0.348. The number of likely N-dealkylation sites (N-methyl/N-ethyl adjacent to an activating group) is 1. The Morgan fingerprint density at radius 1 is 1.03 bits per heavy atom. The van der Waals surface area contributed by atoms with Gasteiger partial charge in [-0.05, 0) is 49.6 Å². The van der Waals surface area contributed by atoms with E-state index in [2.05, 4.69) is 4.98 Å². The topological polar surface area (TPSA) is 53.5 Å². The third kappa shape index (κ3) is 4.68. The minimum absolute atomic E-state index is 0.258. The number of carbonyl (C=O) groups is 2. The molecule has 0 fully saturated rings. The Balaban J connectivity index is 2.01. The Morgan fingerprint density at radius 2 is 1.77 bits per heavy atom. The number of amides is 2. The van der Waals surface area contributed by atoms with Crippen molar-refractivity contribution in [3.8, 4) is 0 Å². The van der Waals surface area contributed by atoms with E-state index in [1.807, 2.05) is 30.9 Å². The highest BCUT2D eigenvalue weighted by Crippen LogP contribution is 2.36. The zero-order valence-electron chi connectivity index (χ0n) is 17.2. The molecule has 0 saturated carbocycles. The van der Waals surface area contributed by atoms with Crippen molar-refractivity contribution in [3.05, 3.63) is 69.6 Å². The number of nitrogens with zero attached hydrogens (tertiary/aromatic N) is 3. The maximum atomic E-state index is 13.3. The number of carbonyl (C=O) groups excluding carboxylic acids is 2. The van der Waals surface area contributed by atoms with Gasteiger partial charge in [0.1, 0.15) is 5.70 Å². The predicted molar refractivity (Wildman–Crippen MR) is 120 cm³/mol. The first kappa shape index (κ1) is 22.3. The molecule has 1 aromatic heterocycles. The minimum Gasteiger partial charge on any atom is -0.366 e. The molecule has 0 bridgehead atoms. The van der Waals surface area contributed by atoms with Crippen LogP contribution in [0.1, 0.15) is 37.8 Å². The molecule has 0 radical (unpaired) electrons. The number of hydrogen-bond donors (Lipinski definition) is 0. The molecule has 0 saturated heterocycles. The molecule has 0 spiro atoms. The van der Waals surface area contributed by atoms with Crippen LogP contribution in [0, 0.1) is 0 Å². The highest BCUT2D eigenvalue weighted by molar-refractivity contribution is 6.41. The zero-order chi connectivity index (χ0) is 21.7. The van der Waals surface area contributed by atoms with Crippen molar-refractivity contribution in [1.82, 2.24) is 14.8 Å². The van der Waals surface area contributed by atoms with Gasteiger partial charge in [0, 0.05) is 42.6 Å². The van der Waals surface area contributed by atoms with Gasteiger partial charge in [-0.25, -0.2) is 0 Å². The van der Waals surface area contributed by atoms with Gasteiger partial charge in [-0.15, -0.1) is 0 Å². The Hall–Kier alpha value is -2.37. The van der Waals surface area contributed by atoms with E-state index < -0.39 is 0 Å². The fourth-order valence-corrected chi connectivity index (χ4v) is 4.06. The normalized spacial score (nSPS) is 14.1. The van der Waals surface area contributed by atoms with E-state index in [4.69, 9.17) is 23.2 Å². The Labute approximate surface area is 187 Å². The molecule has 7 heteroatoms. The summed E-state index contributed by atoms with van der Waals surface area (Å²) in [5, 5.41) is 0.842. The lowest BCUT2D eigenvalue weighted by Gasteiger charge is -2.25. The van der Waals surface area contributed by atoms with Gasteiger partial charge >= 0.3 is 0 Å². The third-order valence-corrected chi connectivity index (χ3v) is 5.74. The lowest BCUT2D eigenvalue weighted by atomic mass is 10.0. The van der Waals surface area contributed by atoms with Crippen LogP contribution < -0.4 is 0 Å². The highest BCUT2D eigenvalue weighted by atomic mass is 35.5. The number of unbranched alkanes of at least 4 members (excludes halogenated alkanes) is 1. The van der Waals surface area contributed by atoms with Crippen molar-refractivity contribution < 1.29 is 9.59 Å². The Kier molecular flexibility index (Phi) is 7.51. The second kappa shape index (κ2) is 10.1. The number of halogens is 2. The molecule has 0 atom stereocenters. The maximum Gasteiger partial charge on any atom is 0.277 e. The third-order valence-electron chi connectivity index (χ3n) is 5.20. The van der Waals surface area contributed by atoms with Crippen LogP contribution in [0.15, 0.2) is 48.4 Å². The first-order valence-corrected chi connectivity index (χ1v) is 10.9. The summed E-state index contributed by atoms with van der Waals surface area (Å²) in [5.74, 6) is -0.555. The van der Waals surface area contributed by atoms with Gasteiger partial charge in [0.15, 0.2) is 0 Å². The van der Waals surface area contributed by atoms with Crippen LogP contribution in [0.25, 0.3) is 5.57 Å². The first-order chi connectivity index (χ1) is 14.5. The van der Waals surface area contributed by atoms with Crippen molar-refractivity contribution in [2.45, 2.75) is 33.1 Å². The van der Waals surface area contributed by atoms with E-state index >= 15 is 0 Å². The number of aromatic nitrogens is 1. The summed E-state index contributed by atoms with van der Waals surface area (Å²) >= 11 is 12.5. The van der Waals surface area contributed by atoms with Crippen LogP contribution in [0.2, 0.25) is 10.0 Å². The molecular formula is C23H25Cl2N3O2. The molecule has 0 N–H and O–H groups in total. The van der Waals surface area contributed by atoms with Crippen molar-refractivity contribution in [2.24, 2.45) is 0 Å². The molecule has 2 aromatic rings. The van der Waals surface area contributed by atoms with E-state index in [9.17, 15) is 9.59 Å². The second-order valence-corrected chi connectivity index (χ2v) is 7.99. The summed E-state index contributed by atoms with van der Waals surface area (Å²) in [6.45, 7) is 5.60. The summed E-state index contributed by atoms with van der Waals surface area (Å²) < 4.78 is 0. The van der Waals surface area contributed by atoms with Crippen molar-refractivity contribution in [2.75, 3.05) is 19.6 Å². The standard InChI is InChI=1S/C23H25Cl2N3O2/c1-3-5-13-28-22(29)20(18-7-6-17(24)15-19(18)25)21(23(28)30)27(4-2)14-10-16-8-11-26-12-9-16/h6-9,11-12,15H,3-5,10,13-14H2,1-2H3. The molecule has 1 aliphatic heterocycles. The molecule has 1 aliphatic rings. The summed E-state index contributed by atoms with van der Waals surface area (Å²) in [6, 6.07) is 8.91. The zero-order valence-corrected chi connectivity index (χ0v) is 18.7. The van der Waals surface area contributed by atoms with Gasteiger partial charge in [0.2, 0.25) is 0 Å². The van der Waals surface area contributed by atoms with E-state index in [0.717, 1.165) is 24.8 Å². The SMILES string of the molecule is CCCCN1C(=O)C(c2ccc(Cl)cc2Cl)=C(N(CC)CCc2ccncc2)C1=O. The Bertz CT molecular complexity index is 960. The lowest BCUT2D eigenvalue weighted by Crippen LogP contribution is -2.36. The predicted octanol–water partition coefficient (Wildman–Crippen LogP) is 4.83. The molecule has 158 valence electrons. The van der Waals surface area contributed by atoms with Gasteiger partial charge in [-0.2, -0.15) is 0 Å². The van der Waals surface area contributed by atoms with Crippen molar-refractivity contribution in [3.63, 3.8) is 0 Å². The van der Waals surface area contributed by atoms with Gasteiger partial charge in [-0.3, -0.25) is 19.5 Å². The molecule has 2 heterocycles. The van der Waals surface area contributed by atoms with E-state index in [-0.39, 0.29) is 11.8 Å². The number of hydrogen-bond acceptors (Lipinski definition) is 4. The molecular weight excluding hydrogens is 421 g/mol. The van der Waals surface area contributed by atoms with Gasteiger partial charge in [-0.1, -0.05) is 42.6 Å². The number of imide groups is 1. The lowest BCUT2D eigenvalue weighted by molar-refractivity contribution is -0.137. The average molecular weight is 446 g/mol. The van der Waals surface area contributed by atoms with Crippen LogP contribution in [-0.4, -0.2) is 46.2 Å². The molecule has 3 rings (SSSR count). The quantitative estimate of drug-likeness (QED) is 0.518. The summed E-state index contributed by atoms with van der Waals surface area (Å²) in [6.07, 6.45) is 5.89. The molecule has 30 heavy (non-hydrogen) atoms. The minimum atomic E-state index is -0.296. The van der Waals surface area contributed by atoms with Crippen LogP contribution in [0.5, 0.6) is 0 Å². The molecule has 5 nitrogen and oxygen atoms in total. The van der Waals surface area contributed by atoms with Crippen molar-refractivity contribution >= 4 is 40.6 Å². The van der Waals surface area contributed by atoms with Crippen LogP contribution in [-0.2, 0) is 16.0 Å². The molecule has 0 aliphatic carbocycles. The second-order valence-electron chi connectivity index (χ2n) is 7.15. The van der Waals surface area contributed by atoms with Gasteiger partial charge < -0.3 is 4.90 Å². The largest absolute Gasteiger partial charge is 0.366 e.